The number of rotatable bonds is 12. The predicted octanol–water partition coefficient (Wildman–Crippen LogP) is 3.72. The second-order valence-electron chi connectivity index (χ2n) is 8.55. The number of ether oxygens (including phenoxy) is 2. The maximum atomic E-state index is 10.3. The van der Waals surface area contributed by atoms with Gasteiger partial charge in [-0.15, -0.1) is 16.7 Å². The standard InChI is InChI=1S/C24H28ClI2N3O5/c1-24(2,16-5-8-22(20(26)9-16)35-13-17(32)10-25)15-3-6-19(7-4-15)34-14-18(33)11-30-21(12-31)23(27)28-29-30/h3-9,17-18,31-33H,10-14H2,1-2H3/t17-,18-/m0/s1/i27-4. The van der Waals surface area contributed by atoms with Gasteiger partial charge in [0.15, 0.2) is 0 Å². The Balaban J connectivity index is 1.61. The van der Waals surface area contributed by atoms with Crippen molar-refractivity contribution in [2.24, 2.45) is 0 Å². The predicted molar refractivity (Wildman–Crippen MR) is 150 cm³/mol. The summed E-state index contributed by atoms with van der Waals surface area (Å²) in [7, 11) is 0. The summed E-state index contributed by atoms with van der Waals surface area (Å²) in [6.07, 6.45) is -1.50. The monoisotopic (exact) mass is 723 g/mol. The molecule has 0 saturated heterocycles. The Labute approximate surface area is 236 Å². The summed E-state index contributed by atoms with van der Waals surface area (Å²) in [6, 6.07) is 13.8. The molecule has 2 aromatic carbocycles. The molecular formula is C24H28ClI2N3O5. The lowest BCUT2D eigenvalue weighted by Crippen LogP contribution is -2.25. The first-order valence-electron chi connectivity index (χ1n) is 10.9. The van der Waals surface area contributed by atoms with Crippen LogP contribution in [0.1, 0.15) is 30.7 Å². The molecule has 190 valence electrons. The number of nitrogens with zero attached hydrogens (tertiary/aromatic N) is 3. The smallest absolute Gasteiger partial charge is 0.149 e. The second kappa shape index (κ2) is 12.9. The van der Waals surface area contributed by atoms with Crippen molar-refractivity contribution in [2.75, 3.05) is 19.1 Å². The molecule has 0 saturated carbocycles. The lowest BCUT2D eigenvalue weighted by molar-refractivity contribution is 0.0866. The Morgan fingerprint density at radius 1 is 1.06 bits per heavy atom. The molecule has 1 heterocycles. The van der Waals surface area contributed by atoms with Gasteiger partial charge in [-0.3, -0.25) is 0 Å². The van der Waals surface area contributed by atoms with E-state index in [4.69, 9.17) is 21.1 Å². The fourth-order valence-electron chi connectivity index (χ4n) is 3.42. The Bertz CT molecular complexity index is 1110. The molecule has 2 atom stereocenters. The van der Waals surface area contributed by atoms with E-state index in [0.29, 0.717) is 20.9 Å². The van der Waals surface area contributed by atoms with Crippen molar-refractivity contribution in [1.29, 1.82) is 0 Å². The summed E-state index contributed by atoms with van der Waals surface area (Å²) < 4.78 is 14.5. The lowest BCUT2D eigenvalue weighted by Gasteiger charge is -2.27. The Kier molecular flexibility index (Phi) is 10.4. The number of hydrogen-bond donors (Lipinski definition) is 3. The average molecular weight is 724 g/mol. The van der Waals surface area contributed by atoms with Crippen molar-refractivity contribution < 1.29 is 24.8 Å². The highest BCUT2D eigenvalue weighted by Crippen LogP contribution is 2.35. The molecule has 11 heteroatoms. The number of aliphatic hydroxyl groups is 3. The summed E-state index contributed by atoms with van der Waals surface area (Å²) >= 11 is 9.86. The van der Waals surface area contributed by atoms with Crippen LogP contribution in [0.15, 0.2) is 42.5 Å². The van der Waals surface area contributed by atoms with Crippen LogP contribution in [0.3, 0.4) is 0 Å². The Morgan fingerprint density at radius 2 is 1.71 bits per heavy atom. The van der Waals surface area contributed by atoms with Gasteiger partial charge in [0.25, 0.3) is 0 Å². The second-order valence-corrected chi connectivity index (χ2v) is 11.0. The van der Waals surface area contributed by atoms with Crippen LogP contribution in [0.2, 0.25) is 0 Å². The van der Waals surface area contributed by atoms with Crippen LogP contribution in [-0.2, 0) is 18.6 Å². The molecule has 0 aliphatic carbocycles. The molecule has 3 rings (SSSR count). The summed E-state index contributed by atoms with van der Waals surface area (Å²) in [4.78, 5) is 0. The minimum absolute atomic E-state index is 0.0854. The summed E-state index contributed by atoms with van der Waals surface area (Å²) in [5, 5.41) is 37.2. The third kappa shape index (κ3) is 7.41. The zero-order valence-corrected chi connectivity index (χ0v) is 24.4. The number of hydrogen-bond acceptors (Lipinski definition) is 7. The third-order valence-electron chi connectivity index (χ3n) is 5.60. The van der Waals surface area contributed by atoms with Gasteiger partial charge < -0.3 is 24.8 Å². The normalized spacial score (nSPS) is 13.5. The van der Waals surface area contributed by atoms with Crippen LogP contribution in [0.4, 0.5) is 0 Å². The molecule has 1 aromatic heterocycles. The van der Waals surface area contributed by atoms with Crippen molar-refractivity contribution in [3.05, 3.63) is 66.6 Å². The molecular weight excluding hydrogens is 696 g/mol. The number of aromatic nitrogens is 3. The minimum Gasteiger partial charge on any atom is -0.491 e. The van der Waals surface area contributed by atoms with Crippen LogP contribution < -0.4 is 9.47 Å². The summed E-state index contributed by atoms with van der Waals surface area (Å²) in [6.45, 7) is 4.52. The molecule has 0 aliphatic rings. The van der Waals surface area contributed by atoms with E-state index >= 15 is 0 Å². The highest BCUT2D eigenvalue weighted by Gasteiger charge is 2.24. The molecule has 0 bridgehead atoms. The number of halogens is 3. The van der Waals surface area contributed by atoms with E-state index in [1.807, 2.05) is 59.0 Å². The molecule has 0 radical (unpaired) electrons. The highest BCUT2D eigenvalue weighted by atomic mass is 127. The van der Waals surface area contributed by atoms with Gasteiger partial charge in [-0.05, 0) is 80.6 Å². The van der Waals surface area contributed by atoms with Gasteiger partial charge in [-0.25, -0.2) is 4.68 Å². The zero-order chi connectivity index (χ0) is 25.6. The maximum Gasteiger partial charge on any atom is 0.149 e. The van der Waals surface area contributed by atoms with E-state index in [1.165, 1.54) is 4.68 Å². The van der Waals surface area contributed by atoms with Gasteiger partial charge in [-0.2, -0.15) is 0 Å². The molecule has 0 fully saturated rings. The van der Waals surface area contributed by atoms with Crippen LogP contribution >= 0.6 is 56.8 Å². The first-order valence-corrected chi connectivity index (χ1v) is 13.6. The first-order chi connectivity index (χ1) is 16.6. The van der Waals surface area contributed by atoms with E-state index in [0.717, 1.165) is 14.7 Å². The van der Waals surface area contributed by atoms with Crippen LogP contribution in [0.25, 0.3) is 0 Å². The fraction of sp³-hybridized carbons (Fsp3) is 0.417. The SMILES string of the molecule is CC(C)(c1ccc(OC[C@@H](O)Cn2nnc([123I])c2CO)cc1)c1ccc(OC[C@@H](O)CCl)c(I)c1. The minimum atomic E-state index is -0.803. The van der Waals surface area contributed by atoms with Gasteiger partial charge in [-0.1, -0.05) is 37.3 Å². The van der Waals surface area contributed by atoms with Gasteiger partial charge in [0, 0.05) is 5.41 Å². The molecule has 0 spiro atoms. The van der Waals surface area contributed by atoms with Crippen molar-refractivity contribution in [3.8, 4) is 11.5 Å². The highest BCUT2D eigenvalue weighted by molar-refractivity contribution is 14.1. The molecule has 35 heavy (non-hydrogen) atoms. The van der Waals surface area contributed by atoms with E-state index in [2.05, 4.69) is 52.8 Å². The quantitative estimate of drug-likeness (QED) is 0.193. The van der Waals surface area contributed by atoms with E-state index in [9.17, 15) is 15.3 Å². The van der Waals surface area contributed by atoms with Crippen molar-refractivity contribution in [1.82, 2.24) is 15.0 Å². The molecule has 3 N–H and O–H groups in total. The average Bonchev–Trinajstić information content (AvgIpc) is 3.20. The molecule has 0 unspecified atom stereocenters. The van der Waals surface area contributed by atoms with Gasteiger partial charge in [0.05, 0.1) is 28.3 Å². The maximum absolute atomic E-state index is 10.3. The van der Waals surface area contributed by atoms with E-state index < -0.39 is 12.2 Å². The number of alkyl halides is 1. The third-order valence-corrected chi connectivity index (χ3v) is 7.64. The Hall–Kier alpha value is -1.19. The first kappa shape index (κ1) is 28.4. The van der Waals surface area contributed by atoms with Crippen molar-refractivity contribution in [2.45, 2.75) is 44.6 Å². The summed E-state index contributed by atoms with van der Waals surface area (Å²) in [5.74, 6) is 1.49. The Morgan fingerprint density at radius 3 is 2.34 bits per heavy atom. The molecule has 0 aliphatic heterocycles. The van der Waals surface area contributed by atoms with Gasteiger partial charge in [0.2, 0.25) is 0 Å². The number of aliphatic hydroxyl groups excluding tert-OH is 3. The topological polar surface area (TPSA) is 110 Å². The van der Waals surface area contributed by atoms with Crippen molar-refractivity contribution in [3.63, 3.8) is 0 Å². The lowest BCUT2D eigenvalue weighted by atomic mass is 9.78. The van der Waals surface area contributed by atoms with Crippen LogP contribution in [0.5, 0.6) is 11.5 Å². The van der Waals surface area contributed by atoms with Gasteiger partial charge in [0.1, 0.15) is 40.6 Å². The fourth-order valence-corrected chi connectivity index (χ4v) is 4.73. The molecule has 3 aromatic rings. The molecule has 8 nitrogen and oxygen atoms in total. The van der Waals surface area contributed by atoms with Crippen molar-refractivity contribution >= 4 is 56.8 Å². The summed E-state index contributed by atoms with van der Waals surface area (Å²) in [5.41, 5.74) is 2.53. The van der Waals surface area contributed by atoms with E-state index in [1.54, 1.807) is 0 Å². The van der Waals surface area contributed by atoms with Gasteiger partial charge >= 0.3 is 0 Å². The van der Waals surface area contributed by atoms with Crippen LogP contribution in [0, 0.1) is 7.27 Å². The largest absolute Gasteiger partial charge is 0.491 e. The van der Waals surface area contributed by atoms with E-state index in [-0.39, 0.29) is 37.7 Å². The zero-order valence-electron chi connectivity index (χ0n) is 19.4. The molecule has 0 amide bonds. The van der Waals surface area contributed by atoms with Crippen LogP contribution in [-0.4, -0.2) is 61.6 Å². The number of benzene rings is 2.